The van der Waals surface area contributed by atoms with E-state index in [1.807, 2.05) is 18.0 Å². The van der Waals surface area contributed by atoms with Crippen molar-refractivity contribution in [3.63, 3.8) is 0 Å². The van der Waals surface area contributed by atoms with Gasteiger partial charge in [-0.25, -0.2) is 9.37 Å². The van der Waals surface area contributed by atoms with Gasteiger partial charge >= 0.3 is 0 Å². The number of H-pyrrole nitrogens is 1. The third-order valence-electron chi connectivity index (χ3n) is 6.01. The van der Waals surface area contributed by atoms with Crippen LogP contribution in [0.5, 0.6) is 5.75 Å². The summed E-state index contributed by atoms with van der Waals surface area (Å²) in [6.45, 7) is 0. The zero-order chi connectivity index (χ0) is 20.0. The van der Waals surface area contributed by atoms with Gasteiger partial charge in [0.1, 0.15) is 11.9 Å². The van der Waals surface area contributed by atoms with Gasteiger partial charge in [0.2, 0.25) is 0 Å². The van der Waals surface area contributed by atoms with Crippen molar-refractivity contribution in [2.45, 2.75) is 43.6 Å². The summed E-state index contributed by atoms with van der Waals surface area (Å²) in [6.07, 6.45) is 6.55. The second kappa shape index (κ2) is 7.07. The van der Waals surface area contributed by atoms with Gasteiger partial charge in [0.05, 0.1) is 18.0 Å². The number of hydrogen-bond donors (Lipinski definition) is 3. The summed E-state index contributed by atoms with van der Waals surface area (Å²) in [6, 6.07) is 5.65. The van der Waals surface area contributed by atoms with Gasteiger partial charge in [-0.1, -0.05) is 6.07 Å². The summed E-state index contributed by atoms with van der Waals surface area (Å²) in [5.41, 5.74) is 2.24. The summed E-state index contributed by atoms with van der Waals surface area (Å²) in [5.74, 6) is 1.08. The average Bonchev–Trinajstić information content (AvgIpc) is 3.36. The molecule has 0 amide bonds. The van der Waals surface area contributed by atoms with Crippen LogP contribution < -0.4 is 10.2 Å². The van der Waals surface area contributed by atoms with Gasteiger partial charge in [-0.05, 0) is 37.0 Å². The molecule has 2 bridgehead atoms. The lowest BCUT2D eigenvalue weighted by molar-refractivity contribution is 0.274. The molecule has 1 aromatic carbocycles. The van der Waals surface area contributed by atoms with E-state index >= 15 is 0 Å². The minimum absolute atomic E-state index is 0.0768. The number of phenolic OH excluding ortho intramolecular Hbond substituents is 1. The molecule has 0 aliphatic carbocycles. The highest BCUT2D eigenvalue weighted by Crippen LogP contribution is 2.34. The Bertz CT molecular complexity index is 993. The Kier molecular flexibility index (Phi) is 4.39. The first-order valence-corrected chi connectivity index (χ1v) is 9.73. The number of alkyl halides is 1. The zero-order valence-corrected chi connectivity index (χ0v) is 16.0. The van der Waals surface area contributed by atoms with E-state index in [0.717, 1.165) is 24.0 Å². The van der Waals surface area contributed by atoms with Crippen LogP contribution >= 0.6 is 0 Å². The molecular weight excluding hydrogens is 373 g/mol. The lowest BCUT2D eigenvalue weighted by Gasteiger charge is -2.35. The minimum Gasteiger partial charge on any atom is -0.507 e. The highest BCUT2D eigenvalue weighted by Gasteiger charge is 2.42. The fourth-order valence-corrected chi connectivity index (χ4v) is 4.38. The molecule has 2 aliphatic rings. The lowest BCUT2D eigenvalue weighted by atomic mass is 9.98. The van der Waals surface area contributed by atoms with Crippen LogP contribution in [-0.4, -0.2) is 61.8 Å². The van der Waals surface area contributed by atoms with E-state index in [4.69, 9.17) is 0 Å². The number of nitrogens with zero attached hydrogens (tertiary/aromatic N) is 5. The van der Waals surface area contributed by atoms with Crippen LogP contribution in [0.3, 0.4) is 0 Å². The topological polar surface area (TPSA) is 103 Å². The predicted molar refractivity (Wildman–Crippen MR) is 106 cm³/mol. The summed E-state index contributed by atoms with van der Waals surface area (Å²) >= 11 is 0. The van der Waals surface area contributed by atoms with Crippen molar-refractivity contribution in [2.24, 2.45) is 0 Å². The molecule has 0 radical (unpaired) electrons. The second-order valence-corrected chi connectivity index (χ2v) is 7.82. The molecule has 29 heavy (non-hydrogen) atoms. The van der Waals surface area contributed by atoms with Crippen molar-refractivity contribution < 1.29 is 9.50 Å². The quantitative estimate of drug-likeness (QED) is 0.623. The fourth-order valence-electron chi connectivity index (χ4n) is 4.38. The van der Waals surface area contributed by atoms with Gasteiger partial charge in [-0.2, -0.15) is 5.10 Å². The smallest absolute Gasteiger partial charge is 0.185 e. The molecule has 0 spiro atoms. The maximum atomic E-state index is 14.0. The van der Waals surface area contributed by atoms with E-state index < -0.39 is 6.17 Å². The molecular formula is C20H22FN7O. The van der Waals surface area contributed by atoms with Crippen LogP contribution in [0.15, 0.2) is 36.8 Å². The first kappa shape index (κ1) is 18.0. The van der Waals surface area contributed by atoms with Crippen molar-refractivity contribution in [1.82, 2.24) is 30.7 Å². The van der Waals surface area contributed by atoms with E-state index in [0.29, 0.717) is 23.6 Å². The van der Waals surface area contributed by atoms with E-state index in [1.54, 1.807) is 30.7 Å². The molecule has 2 aromatic heterocycles. The number of fused-ring (bicyclic) bond motifs is 2. The van der Waals surface area contributed by atoms with Crippen molar-refractivity contribution in [1.29, 1.82) is 0 Å². The van der Waals surface area contributed by atoms with Crippen molar-refractivity contribution in [3.8, 4) is 28.3 Å². The Morgan fingerprint density at radius 3 is 2.72 bits per heavy atom. The molecule has 9 heteroatoms. The number of aromatic hydroxyl groups is 1. The number of phenols is 1. The molecule has 2 saturated heterocycles. The molecule has 4 atom stereocenters. The lowest BCUT2D eigenvalue weighted by Crippen LogP contribution is -2.48. The van der Waals surface area contributed by atoms with E-state index in [2.05, 4.69) is 30.7 Å². The summed E-state index contributed by atoms with van der Waals surface area (Å²) < 4.78 is 14.0. The third-order valence-corrected chi connectivity index (χ3v) is 6.01. The maximum Gasteiger partial charge on any atom is 0.185 e. The third kappa shape index (κ3) is 3.31. The minimum atomic E-state index is -0.766. The molecule has 2 fully saturated rings. The van der Waals surface area contributed by atoms with Gasteiger partial charge < -0.3 is 15.3 Å². The van der Waals surface area contributed by atoms with Crippen LogP contribution in [0.25, 0.3) is 22.5 Å². The SMILES string of the molecule is CN(c1cnc(-c2ccc(-c3cn[nH]c3)cc2O)nn1)[C@H]1C[C@@H]2C[C@@H](F)[C@@H](C1)N2. The molecule has 2 aliphatic heterocycles. The zero-order valence-electron chi connectivity index (χ0n) is 16.0. The number of nitrogens with one attached hydrogen (secondary N) is 2. The molecule has 150 valence electrons. The molecule has 0 saturated carbocycles. The first-order chi connectivity index (χ1) is 14.1. The van der Waals surface area contributed by atoms with Crippen LogP contribution in [-0.2, 0) is 0 Å². The molecule has 0 unspecified atom stereocenters. The molecule has 5 rings (SSSR count). The highest BCUT2D eigenvalue weighted by molar-refractivity contribution is 5.72. The van der Waals surface area contributed by atoms with Crippen LogP contribution in [0, 0.1) is 0 Å². The monoisotopic (exact) mass is 395 g/mol. The number of halogens is 1. The number of aromatic nitrogens is 5. The predicted octanol–water partition coefficient (Wildman–Crippen LogP) is 2.30. The van der Waals surface area contributed by atoms with Crippen molar-refractivity contribution in [3.05, 3.63) is 36.8 Å². The largest absolute Gasteiger partial charge is 0.507 e. The number of piperidine rings is 1. The average molecular weight is 395 g/mol. The Hall–Kier alpha value is -3.07. The van der Waals surface area contributed by atoms with Crippen molar-refractivity contribution in [2.75, 3.05) is 11.9 Å². The summed E-state index contributed by atoms with van der Waals surface area (Å²) in [7, 11) is 1.95. The number of benzene rings is 1. The Morgan fingerprint density at radius 1 is 1.14 bits per heavy atom. The Labute approximate surface area is 167 Å². The van der Waals surface area contributed by atoms with Gasteiger partial charge in [-0.15, -0.1) is 10.2 Å². The number of anilines is 1. The van der Waals surface area contributed by atoms with E-state index in [1.165, 1.54) is 0 Å². The highest BCUT2D eigenvalue weighted by atomic mass is 19.1. The number of hydrogen-bond acceptors (Lipinski definition) is 7. The van der Waals surface area contributed by atoms with Crippen LogP contribution in [0.2, 0.25) is 0 Å². The molecule has 3 aromatic rings. The molecule has 3 N–H and O–H groups in total. The van der Waals surface area contributed by atoms with Gasteiger partial charge in [0.15, 0.2) is 11.6 Å². The van der Waals surface area contributed by atoms with Crippen LogP contribution in [0.4, 0.5) is 10.2 Å². The van der Waals surface area contributed by atoms with E-state index in [9.17, 15) is 9.50 Å². The number of aromatic amines is 1. The van der Waals surface area contributed by atoms with Gasteiger partial charge in [0.25, 0.3) is 0 Å². The molecule has 4 heterocycles. The first-order valence-electron chi connectivity index (χ1n) is 9.73. The van der Waals surface area contributed by atoms with E-state index in [-0.39, 0.29) is 23.9 Å². The number of rotatable bonds is 4. The standard InChI is InChI=1S/C20H22FN7O/c1-28(14-5-13-6-16(21)17(7-14)25-13)19-10-22-20(27-26-19)15-3-2-11(4-18(15)29)12-8-23-24-9-12/h2-4,8-10,13-14,16-17,25,29H,5-7H2,1H3,(H,23,24)/t13-,14+,16-,17-/m1/s1. The van der Waals surface area contributed by atoms with Gasteiger partial charge in [-0.3, -0.25) is 5.10 Å². The Morgan fingerprint density at radius 2 is 2.03 bits per heavy atom. The summed E-state index contributed by atoms with van der Waals surface area (Å²) in [5, 5.41) is 29.0. The normalized spacial score (nSPS) is 25.9. The molecule has 8 nitrogen and oxygen atoms in total. The second-order valence-electron chi connectivity index (χ2n) is 7.82. The Balaban J connectivity index is 1.34. The maximum absolute atomic E-state index is 14.0. The summed E-state index contributed by atoms with van der Waals surface area (Å²) in [4.78, 5) is 6.44. The van der Waals surface area contributed by atoms with Gasteiger partial charge in [0, 0.05) is 36.9 Å². The van der Waals surface area contributed by atoms with Crippen molar-refractivity contribution >= 4 is 5.82 Å². The van der Waals surface area contributed by atoms with Crippen LogP contribution in [0.1, 0.15) is 19.3 Å². The fraction of sp³-hybridized carbons (Fsp3) is 0.400.